The molecule has 1 unspecified atom stereocenters. The van der Waals surface area contributed by atoms with Crippen LogP contribution in [0.25, 0.3) is 0 Å². The lowest BCUT2D eigenvalue weighted by atomic mass is 10.1. The summed E-state index contributed by atoms with van der Waals surface area (Å²) < 4.78 is 44.8. The summed E-state index contributed by atoms with van der Waals surface area (Å²) in [7, 11) is 0. The van der Waals surface area contributed by atoms with Gasteiger partial charge in [-0.05, 0) is 37.3 Å². The molecule has 0 radical (unpaired) electrons. The number of aliphatic hydroxyl groups excluding tert-OH is 1. The van der Waals surface area contributed by atoms with Crippen molar-refractivity contribution in [3.05, 3.63) is 59.4 Å². The lowest BCUT2D eigenvalue weighted by molar-refractivity contribution is 0.195. The van der Waals surface area contributed by atoms with Crippen molar-refractivity contribution in [3.63, 3.8) is 0 Å². The summed E-state index contributed by atoms with van der Waals surface area (Å²) in [6.45, 7) is 1.42. The predicted octanol–water partition coefficient (Wildman–Crippen LogP) is 3.95. The Balaban J connectivity index is 2.41. The molecule has 0 amide bonds. The van der Waals surface area contributed by atoms with Gasteiger partial charge in [0.2, 0.25) is 5.82 Å². The third-order valence-corrected chi connectivity index (χ3v) is 2.56. The minimum atomic E-state index is -1.14. The van der Waals surface area contributed by atoms with E-state index in [1.54, 1.807) is 0 Å². The molecule has 1 N–H and O–H groups in total. The first kappa shape index (κ1) is 13.4. The maximum absolute atomic E-state index is 13.5. The number of benzene rings is 2. The van der Waals surface area contributed by atoms with Crippen LogP contribution in [0.2, 0.25) is 0 Å². The number of rotatable bonds is 3. The Labute approximate surface area is 108 Å². The van der Waals surface area contributed by atoms with Crippen LogP contribution < -0.4 is 4.74 Å². The van der Waals surface area contributed by atoms with Crippen LogP contribution in [0.15, 0.2) is 36.4 Å². The van der Waals surface area contributed by atoms with Gasteiger partial charge >= 0.3 is 0 Å². The standard InChI is InChI=1S/C14H11F3O2/c1-8(18)10-7-9(15)5-6-12(10)19-13-4-2-3-11(16)14(13)17/h2-8,18H,1H3. The van der Waals surface area contributed by atoms with Crippen molar-refractivity contribution in [3.8, 4) is 11.5 Å². The predicted molar refractivity (Wildman–Crippen MR) is 63.5 cm³/mol. The smallest absolute Gasteiger partial charge is 0.201 e. The second-order valence-electron chi connectivity index (χ2n) is 4.01. The van der Waals surface area contributed by atoms with E-state index in [1.807, 2.05) is 0 Å². The van der Waals surface area contributed by atoms with E-state index in [0.29, 0.717) is 0 Å². The maximum atomic E-state index is 13.5. The van der Waals surface area contributed by atoms with E-state index < -0.39 is 23.6 Å². The summed E-state index contributed by atoms with van der Waals surface area (Å²) in [5, 5.41) is 9.52. The molecule has 19 heavy (non-hydrogen) atoms. The maximum Gasteiger partial charge on any atom is 0.201 e. The zero-order valence-corrected chi connectivity index (χ0v) is 10.0. The number of halogens is 3. The van der Waals surface area contributed by atoms with Gasteiger partial charge < -0.3 is 9.84 Å². The first-order valence-electron chi connectivity index (χ1n) is 5.58. The summed E-state index contributed by atoms with van der Waals surface area (Å²) in [4.78, 5) is 0. The fraction of sp³-hybridized carbons (Fsp3) is 0.143. The molecule has 0 aliphatic carbocycles. The van der Waals surface area contributed by atoms with Crippen LogP contribution in [0.1, 0.15) is 18.6 Å². The molecule has 2 aromatic rings. The topological polar surface area (TPSA) is 29.5 Å². The summed E-state index contributed by atoms with van der Waals surface area (Å²) >= 11 is 0. The Hall–Kier alpha value is -2.01. The number of aliphatic hydroxyl groups is 1. The molecule has 0 bridgehead atoms. The van der Waals surface area contributed by atoms with Crippen molar-refractivity contribution in [2.45, 2.75) is 13.0 Å². The number of hydrogen-bond acceptors (Lipinski definition) is 2. The second-order valence-corrected chi connectivity index (χ2v) is 4.01. The fourth-order valence-electron chi connectivity index (χ4n) is 1.62. The highest BCUT2D eigenvalue weighted by atomic mass is 19.2. The largest absolute Gasteiger partial charge is 0.454 e. The van der Waals surface area contributed by atoms with E-state index in [1.165, 1.54) is 25.1 Å². The molecular formula is C14H11F3O2. The highest BCUT2D eigenvalue weighted by Gasteiger charge is 2.15. The molecule has 0 aliphatic heterocycles. The number of hydrogen-bond donors (Lipinski definition) is 1. The fourth-order valence-corrected chi connectivity index (χ4v) is 1.62. The molecule has 2 nitrogen and oxygen atoms in total. The normalized spacial score (nSPS) is 12.3. The molecule has 100 valence electrons. The molecule has 0 fully saturated rings. The minimum Gasteiger partial charge on any atom is -0.454 e. The van der Waals surface area contributed by atoms with Crippen molar-refractivity contribution in [1.82, 2.24) is 0 Å². The first-order chi connectivity index (χ1) is 8.99. The molecule has 0 heterocycles. The third kappa shape index (κ3) is 2.88. The van der Waals surface area contributed by atoms with Crippen molar-refractivity contribution in [2.75, 3.05) is 0 Å². The quantitative estimate of drug-likeness (QED) is 0.913. The Morgan fingerprint density at radius 2 is 1.79 bits per heavy atom. The van der Waals surface area contributed by atoms with E-state index in [4.69, 9.17) is 4.74 Å². The summed E-state index contributed by atoms with van der Waals surface area (Å²) in [6, 6.07) is 6.94. The van der Waals surface area contributed by atoms with Crippen molar-refractivity contribution in [2.24, 2.45) is 0 Å². The van der Waals surface area contributed by atoms with Gasteiger partial charge in [-0.25, -0.2) is 8.78 Å². The first-order valence-corrected chi connectivity index (χ1v) is 5.58. The third-order valence-electron chi connectivity index (χ3n) is 2.56. The van der Waals surface area contributed by atoms with Crippen LogP contribution in [0.4, 0.5) is 13.2 Å². The summed E-state index contributed by atoms with van der Waals surface area (Å²) in [5.41, 5.74) is 0.156. The lowest BCUT2D eigenvalue weighted by Gasteiger charge is -2.13. The van der Waals surface area contributed by atoms with Gasteiger partial charge in [0.15, 0.2) is 11.6 Å². The Morgan fingerprint density at radius 1 is 1.05 bits per heavy atom. The highest BCUT2D eigenvalue weighted by molar-refractivity contribution is 5.39. The van der Waals surface area contributed by atoms with E-state index in [9.17, 15) is 18.3 Å². The zero-order valence-electron chi connectivity index (χ0n) is 10.0. The number of ether oxygens (including phenoxy) is 1. The van der Waals surface area contributed by atoms with Crippen LogP contribution in [-0.4, -0.2) is 5.11 Å². The average molecular weight is 268 g/mol. The Kier molecular flexibility index (Phi) is 3.76. The zero-order chi connectivity index (χ0) is 14.0. The van der Waals surface area contributed by atoms with E-state index >= 15 is 0 Å². The second kappa shape index (κ2) is 5.32. The molecule has 2 aromatic carbocycles. The van der Waals surface area contributed by atoms with Crippen LogP contribution >= 0.6 is 0 Å². The van der Waals surface area contributed by atoms with E-state index in [2.05, 4.69) is 0 Å². The van der Waals surface area contributed by atoms with Gasteiger partial charge in [-0.15, -0.1) is 0 Å². The van der Waals surface area contributed by atoms with Gasteiger partial charge in [-0.2, -0.15) is 4.39 Å². The van der Waals surface area contributed by atoms with Crippen LogP contribution in [0.5, 0.6) is 11.5 Å². The van der Waals surface area contributed by atoms with Gasteiger partial charge in [-0.3, -0.25) is 0 Å². The molecule has 2 rings (SSSR count). The van der Waals surface area contributed by atoms with Gasteiger partial charge in [-0.1, -0.05) is 6.07 Å². The van der Waals surface area contributed by atoms with Crippen LogP contribution in [-0.2, 0) is 0 Å². The van der Waals surface area contributed by atoms with Crippen LogP contribution in [0.3, 0.4) is 0 Å². The van der Waals surface area contributed by atoms with Crippen LogP contribution in [0, 0.1) is 17.5 Å². The van der Waals surface area contributed by atoms with Gasteiger partial charge in [0.25, 0.3) is 0 Å². The van der Waals surface area contributed by atoms with Crippen molar-refractivity contribution < 1.29 is 23.0 Å². The van der Waals surface area contributed by atoms with Crippen molar-refractivity contribution >= 4 is 0 Å². The minimum absolute atomic E-state index is 0.0703. The lowest BCUT2D eigenvalue weighted by Crippen LogP contribution is -1.99. The molecule has 0 saturated carbocycles. The summed E-state index contributed by atoms with van der Waals surface area (Å²) in [6.07, 6.45) is -0.998. The molecule has 5 heteroatoms. The SMILES string of the molecule is CC(O)c1cc(F)ccc1Oc1cccc(F)c1F. The monoisotopic (exact) mass is 268 g/mol. The highest BCUT2D eigenvalue weighted by Crippen LogP contribution is 2.32. The molecule has 0 aromatic heterocycles. The molecule has 0 saturated heterocycles. The summed E-state index contributed by atoms with van der Waals surface area (Å²) in [5.74, 6) is -2.99. The van der Waals surface area contributed by atoms with E-state index in [0.717, 1.165) is 18.2 Å². The van der Waals surface area contributed by atoms with Gasteiger partial charge in [0.05, 0.1) is 6.10 Å². The molecule has 1 atom stereocenters. The molecular weight excluding hydrogens is 257 g/mol. The molecule has 0 spiro atoms. The van der Waals surface area contributed by atoms with Gasteiger partial charge in [0.1, 0.15) is 11.6 Å². The Bertz CT molecular complexity index is 597. The van der Waals surface area contributed by atoms with E-state index in [-0.39, 0.29) is 17.1 Å². The van der Waals surface area contributed by atoms with Gasteiger partial charge in [0, 0.05) is 5.56 Å². The van der Waals surface area contributed by atoms with Crippen molar-refractivity contribution in [1.29, 1.82) is 0 Å². The Morgan fingerprint density at radius 3 is 2.47 bits per heavy atom. The average Bonchev–Trinajstić information content (AvgIpc) is 2.36. The molecule has 0 aliphatic rings.